The van der Waals surface area contributed by atoms with Gasteiger partial charge in [-0.15, -0.1) is 11.3 Å². The summed E-state index contributed by atoms with van der Waals surface area (Å²) in [6.45, 7) is 4.80. The Labute approximate surface area is 193 Å². The maximum Gasteiger partial charge on any atom is 0.251 e. The van der Waals surface area contributed by atoms with Gasteiger partial charge in [0, 0.05) is 49.6 Å². The van der Waals surface area contributed by atoms with Crippen molar-refractivity contribution >= 4 is 33.2 Å². The van der Waals surface area contributed by atoms with Crippen LogP contribution in [0.4, 0.5) is 0 Å². The number of sulfonamides is 1. The highest BCUT2D eigenvalue weighted by molar-refractivity contribution is 7.89. The van der Waals surface area contributed by atoms with Crippen molar-refractivity contribution in [2.24, 2.45) is 5.92 Å². The number of nitrogens with one attached hydrogen (secondary N) is 1. The van der Waals surface area contributed by atoms with Crippen molar-refractivity contribution in [3.05, 3.63) is 51.7 Å². The number of carbonyl (C=O) groups is 2. The van der Waals surface area contributed by atoms with E-state index in [1.807, 2.05) is 4.90 Å². The number of hydrogen-bond acceptors (Lipinski definition) is 5. The van der Waals surface area contributed by atoms with Crippen molar-refractivity contribution in [3.8, 4) is 0 Å². The molecule has 0 spiro atoms. The van der Waals surface area contributed by atoms with Crippen LogP contribution in [0.25, 0.3) is 0 Å². The van der Waals surface area contributed by atoms with Crippen molar-refractivity contribution in [1.29, 1.82) is 0 Å². The molecule has 2 amide bonds. The van der Waals surface area contributed by atoms with E-state index in [2.05, 4.69) is 23.7 Å². The minimum atomic E-state index is -3.53. The highest BCUT2D eigenvalue weighted by Gasteiger charge is 2.28. The molecule has 0 aliphatic carbocycles. The summed E-state index contributed by atoms with van der Waals surface area (Å²) in [5.74, 6) is 0.258. The van der Waals surface area contributed by atoms with Crippen LogP contribution in [0.3, 0.4) is 0 Å². The Kier molecular flexibility index (Phi) is 6.97. The summed E-state index contributed by atoms with van der Waals surface area (Å²) in [5, 5.41) is 4.82. The zero-order valence-electron chi connectivity index (χ0n) is 18.2. The summed E-state index contributed by atoms with van der Waals surface area (Å²) in [5.41, 5.74) is 1.59. The zero-order valence-corrected chi connectivity index (χ0v) is 19.9. The normalized spacial score (nSPS) is 17.7. The van der Waals surface area contributed by atoms with Gasteiger partial charge in [-0.2, -0.15) is 4.31 Å². The lowest BCUT2D eigenvalue weighted by molar-refractivity contribution is -0.131. The average molecular weight is 476 g/mol. The van der Waals surface area contributed by atoms with Gasteiger partial charge in [0.05, 0.1) is 4.90 Å². The van der Waals surface area contributed by atoms with Gasteiger partial charge in [0.15, 0.2) is 0 Å². The minimum absolute atomic E-state index is 0.0273. The average Bonchev–Trinajstić information content (AvgIpc) is 3.27. The Morgan fingerprint density at radius 3 is 2.53 bits per heavy atom. The number of rotatable bonds is 6. The van der Waals surface area contributed by atoms with E-state index in [9.17, 15) is 18.0 Å². The van der Waals surface area contributed by atoms with Gasteiger partial charge in [-0.3, -0.25) is 9.59 Å². The Morgan fingerprint density at radius 1 is 1.09 bits per heavy atom. The van der Waals surface area contributed by atoms with Crippen LogP contribution in [0.1, 0.15) is 47.0 Å². The fourth-order valence-corrected chi connectivity index (χ4v) is 6.52. The zero-order chi connectivity index (χ0) is 22.7. The molecule has 3 heterocycles. The van der Waals surface area contributed by atoms with Crippen LogP contribution < -0.4 is 5.32 Å². The number of piperidine rings is 1. The Bertz CT molecular complexity index is 1070. The van der Waals surface area contributed by atoms with E-state index in [0.29, 0.717) is 37.7 Å². The Balaban J connectivity index is 1.27. The molecule has 0 atom stereocenters. The number of hydrogen-bond donors (Lipinski definition) is 1. The molecule has 7 nitrogen and oxygen atoms in total. The number of benzene rings is 1. The van der Waals surface area contributed by atoms with Crippen LogP contribution in [0.15, 0.2) is 40.6 Å². The number of carbonyl (C=O) groups excluding carboxylic acids is 2. The van der Waals surface area contributed by atoms with Crippen molar-refractivity contribution in [1.82, 2.24) is 14.5 Å². The smallest absolute Gasteiger partial charge is 0.251 e. The fraction of sp³-hybridized carbons (Fsp3) is 0.478. The summed E-state index contributed by atoms with van der Waals surface area (Å²) in [4.78, 5) is 28.3. The molecule has 0 radical (unpaired) electrons. The first-order valence-corrected chi connectivity index (χ1v) is 13.4. The van der Waals surface area contributed by atoms with E-state index < -0.39 is 10.0 Å². The number of fused-ring (bicyclic) bond motifs is 1. The largest absolute Gasteiger partial charge is 0.352 e. The predicted octanol–water partition coefficient (Wildman–Crippen LogP) is 2.87. The standard InChI is InChI=1S/C23H29N3O4S2/c1-17-7-13-26(14-8-17)32(29,30)20-4-2-18(3-5-20)23(28)24-11-6-22(27)25-12-9-21-19(16-25)10-15-31-21/h2-5,10,15,17H,6-9,11-14,16H2,1H3,(H,24,28). The molecule has 0 unspecified atom stereocenters. The van der Waals surface area contributed by atoms with Gasteiger partial charge in [0.2, 0.25) is 15.9 Å². The molecule has 0 saturated carbocycles. The quantitative estimate of drug-likeness (QED) is 0.696. The lowest BCUT2D eigenvalue weighted by atomic mass is 10.0. The maximum absolute atomic E-state index is 12.8. The Hall–Kier alpha value is -2.23. The molecule has 1 aromatic heterocycles. The molecule has 1 aromatic carbocycles. The van der Waals surface area contributed by atoms with E-state index in [0.717, 1.165) is 19.3 Å². The maximum atomic E-state index is 12.8. The second-order valence-corrected chi connectivity index (χ2v) is 11.5. The molecule has 2 aromatic rings. The SMILES string of the molecule is CC1CCN(S(=O)(=O)c2ccc(C(=O)NCCC(=O)N3CCc4sccc4C3)cc2)CC1. The second kappa shape index (κ2) is 9.72. The van der Waals surface area contributed by atoms with Gasteiger partial charge in [0.25, 0.3) is 5.91 Å². The van der Waals surface area contributed by atoms with Gasteiger partial charge in [-0.1, -0.05) is 6.92 Å². The van der Waals surface area contributed by atoms with Gasteiger partial charge in [0.1, 0.15) is 0 Å². The van der Waals surface area contributed by atoms with Crippen molar-refractivity contribution < 1.29 is 18.0 Å². The highest BCUT2D eigenvalue weighted by Crippen LogP contribution is 2.25. The molecular weight excluding hydrogens is 446 g/mol. The van der Waals surface area contributed by atoms with Crippen LogP contribution in [-0.4, -0.2) is 55.6 Å². The molecule has 4 rings (SSSR count). The second-order valence-electron chi connectivity index (χ2n) is 8.55. The van der Waals surface area contributed by atoms with Gasteiger partial charge >= 0.3 is 0 Å². The summed E-state index contributed by atoms with van der Waals surface area (Å²) in [6, 6.07) is 8.09. The van der Waals surface area contributed by atoms with Crippen molar-refractivity contribution in [2.45, 2.75) is 44.0 Å². The molecule has 9 heteroatoms. The molecule has 2 aliphatic heterocycles. The molecule has 32 heavy (non-hydrogen) atoms. The van der Waals surface area contributed by atoms with Gasteiger partial charge in [-0.05, 0) is 66.5 Å². The van der Waals surface area contributed by atoms with Crippen LogP contribution in [-0.2, 0) is 27.8 Å². The van der Waals surface area contributed by atoms with Crippen LogP contribution in [0.2, 0.25) is 0 Å². The molecule has 1 N–H and O–H groups in total. The highest BCUT2D eigenvalue weighted by atomic mass is 32.2. The number of thiophene rings is 1. The topological polar surface area (TPSA) is 86.8 Å². The summed E-state index contributed by atoms with van der Waals surface area (Å²) < 4.78 is 27.2. The lowest BCUT2D eigenvalue weighted by Crippen LogP contribution is -2.38. The van der Waals surface area contributed by atoms with Crippen molar-refractivity contribution in [3.63, 3.8) is 0 Å². The number of amides is 2. The van der Waals surface area contributed by atoms with Crippen LogP contribution >= 0.6 is 11.3 Å². The van der Waals surface area contributed by atoms with E-state index in [4.69, 9.17) is 0 Å². The van der Waals surface area contributed by atoms with E-state index in [1.165, 1.54) is 39.0 Å². The first-order valence-electron chi connectivity index (χ1n) is 11.1. The summed E-state index contributed by atoms with van der Waals surface area (Å²) in [7, 11) is -3.53. The molecule has 0 bridgehead atoms. The fourth-order valence-electron chi connectivity index (χ4n) is 4.16. The third-order valence-corrected chi connectivity index (χ3v) is 9.22. The predicted molar refractivity (Wildman–Crippen MR) is 124 cm³/mol. The van der Waals surface area contributed by atoms with Crippen molar-refractivity contribution in [2.75, 3.05) is 26.2 Å². The lowest BCUT2D eigenvalue weighted by Gasteiger charge is -2.29. The van der Waals surface area contributed by atoms with E-state index in [-0.39, 0.29) is 29.7 Å². The van der Waals surface area contributed by atoms with E-state index in [1.54, 1.807) is 11.3 Å². The van der Waals surface area contributed by atoms with Crippen LogP contribution in [0.5, 0.6) is 0 Å². The Morgan fingerprint density at radius 2 is 1.81 bits per heavy atom. The first-order chi connectivity index (χ1) is 15.3. The molecule has 1 saturated heterocycles. The third kappa shape index (κ3) is 5.05. The first kappa shape index (κ1) is 22.9. The minimum Gasteiger partial charge on any atom is -0.352 e. The molecular formula is C23H29N3O4S2. The summed E-state index contributed by atoms with van der Waals surface area (Å²) >= 11 is 1.73. The molecule has 172 valence electrons. The third-order valence-electron chi connectivity index (χ3n) is 6.28. The van der Waals surface area contributed by atoms with Gasteiger partial charge < -0.3 is 10.2 Å². The molecule has 2 aliphatic rings. The molecule has 1 fully saturated rings. The van der Waals surface area contributed by atoms with Gasteiger partial charge in [-0.25, -0.2) is 8.42 Å². The van der Waals surface area contributed by atoms with Crippen LogP contribution in [0, 0.1) is 5.92 Å². The van der Waals surface area contributed by atoms with E-state index >= 15 is 0 Å². The monoisotopic (exact) mass is 475 g/mol. The summed E-state index contributed by atoms with van der Waals surface area (Å²) in [6.07, 6.45) is 2.86. The number of nitrogens with zero attached hydrogens (tertiary/aromatic N) is 2.